The molecule has 3 rings (SSSR count). The molecule has 0 atom stereocenters. The van der Waals surface area contributed by atoms with Crippen molar-refractivity contribution < 1.29 is 4.39 Å². The lowest BCUT2D eigenvalue weighted by Crippen LogP contribution is -1.88. The number of halogens is 3. The summed E-state index contributed by atoms with van der Waals surface area (Å²) >= 11 is 12.3. The molecule has 0 N–H and O–H groups in total. The van der Waals surface area contributed by atoms with Crippen molar-refractivity contribution in [3.8, 4) is 11.3 Å². The zero-order valence-electron chi connectivity index (χ0n) is 9.70. The summed E-state index contributed by atoms with van der Waals surface area (Å²) in [5.74, 6) is -0.313. The van der Waals surface area contributed by atoms with Crippen LogP contribution in [-0.4, -0.2) is 4.98 Å². The van der Waals surface area contributed by atoms with Gasteiger partial charge in [0.25, 0.3) is 0 Å². The molecule has 19 heavy (non-hydrogen) atoms. The quantitative estimate of drug-likeness (QED) is 0.589. The van der Waals surface area contributed by atoms with E-state index in [1.807, 2.05) is 6.07 Å². The van der Waals surface area contributed by atoms with Crippen LogP contribution in [0.1, 0.15) is 0 Å². The van der Waals surface area contributed by atoms with Crippen molar-refractivity contribution in [3.05, 3.63) is 64.5 Å². The summed E-state index contributed by atoms with van der Waals surface area (Å²) in [6.45, 7) is 0. The molecule has 0 bridgehead atoms. The van der Waals surface area contributed by atoms with Crippen molar-refractivity contribution >= 4 is 34.0 Å². The fourth-order valence-electron chi connectivity index (χ4n) is 2.00. The van der Waals surface area contributed by atoms with Gasteiger partial charge in [-0.05, 0) is 24.3 Å². The summed E-state index contributed by atoms with van der Waals surface area (Å²) in [6, 6.07) is 11.6. The van der Waals surface area contributed by atoms with E-state index in [4.69, 9.17) is 23.2 Å². The van der Waals surface area contributed by atoms with E-state index in [-0.39, 0.29) is 5.82 Å². The molecule has 0 amide bonds. The highest BCUT2D eigenvalue weighted by Crippen LogP contribution is 2.33. The van der Waals surface area contributed by atoms with Crippen LogP contribution in [0, 0.1) is 5.82 Å². The van der Waals surface area contributed by atoms with Gasteiger partial charge in [0, 0.05) is 27.6 Å². The molecule has 0 radical (unpaired) electrons. The minimum atomic E-state index is -0.313. The van der Waals surface area contributed by atoms with Gasteiger partial charge in [-0.25, -0.2) is 4.39 Å². The number of nitrogens with zero attached hydrogens (tertiary/aromatic N) is 1. The van der Waals surface area contributed by atoms with E-state index in [0.717, 1.165) is 10.8 Å². The average molecular weight is 292 g/mol. The van der Waals surface area contributed by atoms with Crippen LogP contribution in [0.2, 0.25) is 10.0 Å². The van der Waals surface area contributed by atoms with E-state index in [0.29, 0.717) is 21.3 Å². The maximum Gasteiger partial charge on any atom is 0.123 e. The van der Waals surface area contributed by atoms with Crippen molar-refractivity contribution in [1.82, 2.24) is 4.98 Å². The van der Waals surface area contributed by atoms with Crippen molar-refractivity contribution in [2.24, 2.45) is 0 Å². The van der Waals surface area contributed by atoms with Crippen LogP contribution in [0.5, 0.6) is 0 Å². The molecule has 0 aliphatic heterocycles. The van der Waals surface area contributed by atoms with Gasteiger partial charge in [-0.15, -0.1) is 0 Å². The molecule has 0 aliphatic rings. The topological polar surface area (TPSA) is 12.9 Å². The van der Waals surface area contributed by atoms with Crippen molar-refractivity contribution in [3.63, 3.8) is 0 Å². The number of rotatable bonds is 1. The highest BCUT2D eigenvalue weighted by atomic mass is 35.5. The Morgan fingerprint density at radius 2 is 1.84 bits per heavy atom. The molecular weight excluding hydrogens is 284 g/mol. The first-order valence-corrected chi connectivity index (χ1v) is 6.40. The van der Waals surface area contributed by atoms with E-state index in [2.05, 4.69) is 4.98 Å². The number of hydrogen-bond donors (Lipinski definition) is 0. The van der Waals surface area contributed by atoms with Gasteiger partial charge in [0.1, 0.15) is 5.82 Å². The summed E-state index contributed by atoms with van der Waals surface area (Å²) in [5, 5.41) is 2.83. The molecule has 2 aromatic carbocycles. The molecule has 0 saturated carbocycles. The van der Waals surface area contributed by atoms with Crippen LogP contribution in [-0.2, 0) is 0 Å². The molecule has 94 valence electrons. The Morgan fingerprint density at radius 3 is 2.63 bits per heavy atom. The predicted octanol–water partition coefficient (Wildman–Crippen LogP) is 5.35. The van der Waals surface area contributed by atoms with Crippen LogP contribution in [0.25, 0.3) is 22.0 Å². The van der Waals surface area contributed by atoms with Crippen LogP contribution in [0.4, 0.5) is 4.39 Å². The van der Waals surface area contributed by atoms with E-state index in [1.165, 1.54) is 12.1 Å². The molecule has 1 nitrogen and oxygen atoms in total. The Morgan fingerprint density at radius 1 is 1.00 bits per heavy atom. The second-order valence-electron chi connectivity index (χ2n) is 4.16. The largest absolute Gasteiger partial charge is 0.254 e. The number of benzene rings is 2. The van der Waals surface area contributed by atoms with Gasteiger partial charge in [-0.1, -0.05) is 41.4 Å². The van der Waals surface area contributed by atoms with Gasteiger partial charge in [0.15, 0.2) is 0 Å². The first-order valence-electron chi connectivity index (χ1n) is 5.65. The lowest BCUT2D eigenvalue weighted by molar-refractivity contribution is 0.628. The molecule has 0 aliphatic carbocycles. The number of pyridine rings is 1. The van der Waals surface area contributed by atoms with E-state index >= 15 is 0 Å². The van der Waals surface area contributed by atoms with Crippen LogP contribution >= 0.6 is 23.2 Å². The fraction of sp³-hybridized carbons (Fsp3) is 0. The monoisotopic (exact) mass is 291 g/mol. The molecule has 1 heterocycles. The van der Waals surface area contributed by atoms with Crippen LogP contribution < -0.4 is 0 Å². The van der Waals surface area contributed by atoms with Crippen molar-refractivity contribution in [1.29, 1.82) is 0 Å². The molecule has 4 heteroatoms. The summed E-state index contributed by atoms with van der Waals surface area (Å²) in [4.78, 5) is 4.30. The Hall–Kier alpha value is -1.64. The zero-order chi connectivity index (χ0) is 13.4. The number of aromatic nitrogens is 1. The normalized spacial score (nSPS) is 10.9. The van der Waals surface area contributed by atoms with Crippen molar-refractivity contribution in [2.75, 3.05) is 0 Å². The Bertz CT molecular complexity index is 771. The number of fused-ring (bicyclic) bond motifs is 1. The van der Waals surface area contributed by atoms with Gasteiger partial charge in [-0.3, -0.25) is 4.98 Å². The Kier molecular flexibility index (Phi) is 3.13. The Labute approximate surface area is 119 Å². The van der Waals surface area contributed by atoms with Gasteiger partial charge < -0.3 is 0 Å². The predicted molar refractivity (Wildman–Crippen MR) is 77.2 cm³/mol. The van der Waals surface area contributed by atoms with Crippen LogP contribution in [0.15, 0.2) is 48.7 Å². The SMILES string of the molecule is Fc1cccc(-c2ncc3cc(Cl)ccc3c2Cl)c1. The molecule has 0 unspecified atom stereocenters. The lowest BCUT2D eigenvalue weighted by Gasteiger charge is -2.07. The molecule has 3 aromatic rings. The first kappa shape index (κ1) is 12.4. The third-order valence-corrected chi connectivity index (χ3v) is 3.51. The highest BCUT2D eigenvalue weighted by Gasteiger charge is 2.10. The van der Waals surface area contributed by atoms with E-state index < -0.39 is 0 Å². The minimum absolute atomic E-state index is 0.313. The zero-order valence-corrected chi connectivity index (χ0v) is 11.2. The van der Waals surface area contributed by atoms with Gasteiger partial charge in [-0.2, -0.15) is 0 Å². The van der Waals surface area contributed by atoms with Crippen molar-refractivity contribution in [2.45, 2.75) is 0 Å². The number of hydrogen-bond acceptors (Lipinski definition) is 1. The maximum absolute atomic E-state index is 13.3. The second kappa shape index (κ2) is 4.80. The third-order valence-electron chi connectivity index (χ3n) is 2.89. The standard InChI is InChI=1S/C15H8Cl2FN/c16-11-4-5-13-10(6-11)8-19-15(14(13)17)9-2-1-3-12(18)7-9/h1-8H. The highest BCUT2D eigenvalue weighted by molar-refractivity contribution is 6.38. The molecule has 0 spiro atoms. The molecular formula is C15H8Cl2FN. The minimum Gasteiger partial charge on any atom is -0.254 e. The summed E-state index contributed by atoms with van der Waals surface area (Å²) in [7, 11) is 0. The van der Waals surface area contributed by atoms with E-state index in [1.54, 1.807) is 30.5 Å². The Balaban J connectivity index is 2.26. The van der Waals surface area contributed by atoms with Gasteiger partial charge in [0.05, 0.1) is 10.7 Å². The van der Waals surface area contributed by atoms with Crippen LogP contribution in [0.3, 0.4) is 0 Å². The summed E-state index contributed by atoms with van der Waals surface area (Å²) < 4.78 is 13.3. The maximum atomic E-state index is 13.3. The lowest BCUT2D eigenvalue weighted by atomic mass is 10.1. The third kappa shape index (κ3) is 2.29. The van der Waals surface area contributed by atoms with Gasteiger partial charge >= 0.3 is 0 Å². The summed E-state index contributed by atoms with van der Waals surface area (Å²) in [6.07, 6.45) is 1.69. The molecule has 0 saturated heterocycles. The molecule has 0 fully saturated rings. The smallest absolute Gasteiger partial charge is 0.123 e. The summed E-state index contributed by atoms with van der Waals surface area (Å²) in [5.41, 5.74) is 1.22. The average Bonchev–Trinajstić information content (AvgIpc) is 2.39. The first-order chi connectivity index (χ1) is 9.15. The fourth-order valence-corrected chi connectivity index (χ4v) is 2.51. The van der Waals surface area contributed by atoms with E-state index in [9.17, 15) is 4.39 Å². The second-order valence-corrected chi connectivity index (χ2v) is 4.98. The molecule has 1 aromatic heterocycles. The van der Waals surface area contributed by atoms with Gasteiger partial charge in [0.2, 0.25) is 0 Å².